The van der Waals surface area contributed by atoms with Gasteiger partial charge in [-0.05, 0) is 72.4 Å². The third-order valence-electron chi connectivity index (χ3n) is 8.57. The molecule has 1 atom stereocenters. The minimum absolute atomic E-state index is 0.241. The van der Waals surface area contributed by atoms with Crippen molar-refractivity contribution in [3.8, 4) is 11.1 Å². The van der Waals surface area contributed by atoms with E-state index in [-0.39, 0.29) is 5.41 Å². The molecule has 0 spiro atoms. The summed E-state index contributed by atoms with van der Waals surface area (Å²) in [5.74, 6) is -1.25. The molecule has 3 heterocycles. The number of halogens is 1. The highest BCUT2D eigenvalue weighted by Gasteiger charge is 2.32. The van der Waals surface area contributed by atoms with Crippen molar-refractivity contribution in [1.29, 1.82) is 0 Å². The maximum Gasteiger partial charge on any atom is 0.337 e. The zero-order chi connectivity index (χ0) is 27.9. The molecule has 0 bridgehead atoms. The van der Waals surface area contributed by atoms with E-state index in [4.69, 9.17) is 11.6 Å². The quantitative estimate of drug-likeness (QED) is 0.376. The average molecular weight is 548 g/mol. The Morgan fingerprint density at radius 2 is 1.85 bits per heavy atom. The average Bonchev–Trinajstić information content (AvgIpc) is 2.90. The van der Waals surface area contributed by atoms with Crippen LogP contribution in [0.3, 0.4) is 0 Å². The van der Waals surface area contributed by atoms with Crippen molar-refractivity contribution < 1.29 is 15.0 Å². The van der Waals surface area contributed by atoms with Gasteiger partial charge in [-0.15, -0.1) is 0 Å². The number of piperidine rings is 1. The first-order chi connectivity index (χ1) is 18.5. The third-order valence-corrected chi connectivity index (χ3v) is 8.93. The topological polar surface area (TPSA) is 76.9 Å². The van der Waals surface area contributed by atoms with Crippen LogP contribution in [0.5, 0.6) is 0 Å². The standard InChI is InChI=1S/C32H38ClN3O3/c1-20-6-5-7-27(33)26(20)19-35-13-10-22-16-23(8-9-24(22)18-35)25-17-34-21(2)28(30(37)31(38)39)29(25)36-14-11-32(3,4)12-15-36/h5-9,16-17,30,37H,10-15,18-19H2,1-4H3,(H,38,39)/t30-/m0/s1. The number of carboxylic acid groups (broad SMARTS) is 1. The molecule has 39 heavy (non-hydrogen) atoms. The summed E-state index contributed by atoms with van der Waals surface area (Å²) >= 11 is 6.51. The van der Waals surface area contributed by atoms with Crippen LogP contribution in [-0.4, -0.2) is 45.7 Å². The summed E-state index contributed by atoms with van der Waals surface area (Å²) in [6.45, 7) is 12.7. The molecule has 0 amide bonds. The minimum atomic E-state index is -1.62. The number of pyridine rings is 1. The SMILES string of the molecule is Cc1cccc(Cl)c1CN1CCc2cc(-c3cnc(C)c([C@H](O)C(=O)O)c3N3CCC(C)(C)CC3)ccc2C1. The second-order valence-corrected chi connectivity index (χ2v) is 12.3. The van der Waals surface area contributed by atoms with Gasteiger partial charge in [-0.2, -0.15) is 0 Å². The molecule has 2 aliphatic rings. The lowest BCUT2D eigenvalue weighted by molar-refractivity contribution is -0.147. The van der Waals surface area contributed by atoms with Crippen molar-refractivity contribution in [2.45, 2.75) is 66.2 Å². The van der Waals surface area contributed by atoms with Gasteiger partial charge in [0.25, 0.3) is 0 Å². The first-order valence-electron chi connectivity index (χ1n) is 13.8. The number of aliphatic hydroxyl groups is 1. The molecule has 0 radical (unpaired) electrons. The van der Waals surface area contributed by atoms with Crippen molar-refractivity contribution in [3.05, 3.63) is 81.1 Å². The molecule has 2 N–H and O–H groups in total. The molecule has 206 valence electrons. The number of anilines is 1. The van der Waals surface area contributed by atoms with Crippen LogP contribution >= 0.6 is 11.6 Å². The summed E-state index contributed by atoms with van der Waals surface area (Å²) in [4.78, 5) is 21.2. The number of carbonyl (C=O) groups is 1. The lowest BCUT2D eigenvalue weighted by Gasteiger charge is -2.40. The molecule has 5 rings (SSSR count). The number of nitrogens with zero attached hydrogens (tertiary/aromatic N) is 3. The lowest BCUT2D eigenvalue weighted by atomic mass is 9.82. The fraction of sp³-hybridized carbons (Fsp3) is 0.438. The van der Waals surface area contributed by atoms with Crippen LogP contribution in [0.15, 0.2) is 42.6 Å². The maximum absolute atomic E-state index is 11.9. The molecule has 0 unspecified atom stereocenters. The number of carboxylic acids is 1. The smallest absolute Gasteiger partial charge is 0.337 e. The van der Waals surface area contributed by atoms with Crippen LogP contribution in [0.2, 0.25) is 5.02 Å². The second-order valence-electron chi connectivity index (χ2n) is 11.9. The number of hydrogen-bond donors (Lipinski definition) is 2. The number of aryl methyl sites for hydroxylation is 2. The van der Waals surface area contributed by atoms with E-state index in [1.54, 1.807) is 6.92 Å². The summed E-state index contributed by atoms with van der Waals surface area (Å²) in [6, 6.07) is 12.6. The van der Waals surface area contributed by atoms with Gasteiger partial charge in [-0.25, -0.2) is 4.79 Å². The Morgan fingerprint density at radius 3 is 2.54 bits per heavy atom. The summed E-state index contributed by atoms with van der Waals surface area (Å²) in [5, 5.41) is 21.3. The van der Waals surface area contributed by atoms with Crippen molar-refractivity contribution in [1.82, 2.24) is 9.88 Å². The number of aromatic nitrogens is 1. The van der Waals surface area contributed by atoms with Gasteiger partial charge in [0.2, 0.25) is 0 Å². The molecule has 1 aromatic heterocycles. The Kier molecular flexibility index (Phi) is 7.73. The number of benzene rings is 2. The zero-order valence-electron chi connectivity index (χ0n) is 23.3. The van der Waals surface area contributed by atoms with E-state index in [0.717, 1.165) is 73.8 Å². The van der Waals surface area contributed by atoms with Gasteiger partial charge in [-0.1, -0.05) is 55.8 Å². The van der Waals surface area contributed by atoms with E-state index in [1.165, 1.54) is 22.3 Å². The normalized spacial score (nSPS) is 18.1. The van der Waals surface area contributed by atoms with Gasteiger partial charge < -0.3 is 15.1 Å². The van der Waals surface area contributed by atoms with E-state index < -0.39 is 12.1 Å². The monoisotopic (exact) mass is 547 g/mol. The molecule has 1 fully saturated rings. The fourth-order valence-corrected chi connectivity index (χ4v) is 6.23. The largest absolute Gasteiger partial charge is 0.479 e. The molecular weight excluding hydrogens is 510 g/mol. The van der Waals surface area contributed by atoms with Gasteiger partial charge in [0.05, 0.1) is 5.69 Å². The number of aliphatic hydroxyl groups excluding tert-OH is 1. The molecule has 0 aliphatic carbocycles. The van der Waals surface area contributed by atoms with E-state index >= 15 is 0 Å². The highest BCUT2D eigenvalue weighted by atomic mass is 35.5. The van der Waals surface area contributed by atoms with Gasteiger partial charge >= 0.3 is 5.97 Å². The first-order valence-corrected chi connectivity index (χ1v) is 14.2. The second kappa shape index (κ2) is 10.9. The zero-order valence-corrected chi connectivity index (χ0v) is 24.1. The summed E-state index contributed by atoms with van der Waals surface area (Å²) < 4.78 is 0. The first kappa shape index (κ1) is 27.6. The summed E-state index contributed by atoms with van der Waals surface area (Å²) in [6.07, 6.45) is 3.15. The van der Waals surface area contributed by atoms with Crippen molar-refractivity contribution >= 4 is 23.3 Å². The molecule has 6 nitrogen and oxygen atoms in total. The molecule has 7 heteroatoms. The lowest BCUT2D eigenvalue weighted by Crippen LogP contribution is -2.38. The van der Waals surface area contributed by atoms with Crippen LogP contribution in [0, 0.1) is 19.3 Å². The van der Waals surface area contributed by atoms with Crippen LogP contribution in [0.25, 0.3) is 11.1 Å². The van der Waals surface area contributed by atoms with Crippen LogP contribution < -0.4 is 4.90 Å². The number of hydrogen-bond acceptors (Lipinski definition) is 5. The van der Waals surface area contributed by atoms with E-state index in [9.17, 15) is 15.0 Å². The Balaban J connectivity index is 1.49. The molecular formula is C32H38ClN3O3. The van der Waals surface area contributed by atoms with Gasteiger partial charge in [0.1, 0.15) is 0 Å². The number of rotatable bonds is 6. The van der Waals surface area contributed by atoms with Gasteiger partial charge in [0, 0.05) is 60.8 Å². The van der Waals surface area contributed by atoms with E-state index in [2.05, 4.69) is 59.8 Å². The Bertz CT molecular complexity index is 1370. The molecule has 3 aromatic rings. The van der Waals surface area contributed by atoms with Crippen LogP contribution in [0.4, 0.5) is 5.69 Å². The number of aliphatic carboxylic acids is 1. The molecule has 0 saturated carbocycles. The van der Waals surface area contributed by atoms with Gasteiger partial charge in [0.15, 0.2) is 6.10 Å². The Labute approximate surface area is 236 Å². The predicted octanol–water partition coefficient (Wildman–Crippen LogP) is 6.32. The summed E-state index contributed by atoms with van der Waals surface area (Å²) in [7, 11) is 0. The molecule has 1 saturated heterocycles. The fourth-order valence-electron chi connectivity index (χ4n) is 5.95. The highest BCUT2D eigenvalue weighted by Crippen LogP contribution is 2.42. The van der Waals surface area contributed by atoms with E-state index in [0.29, 0.717) is 11.3 Å². The molecule has 2 aliphatic heterocycles. The minimum Gasteiger partial charge on any atom is -0.479 e. The Morgan fingerprint density at radius 1 is 1.10 bits per heavy atom. The van der Waals surface area contributed by atoms with Crippen molar-refractivity contribution in [3.63, 3.8) is 0 Å². The highest BCUT2D eigenvalue weighted by molar-refractivity contribution is 6.31. The number of fused-ring (bicyclic) bond motifs is 1. The Hall–Kier alpha value is -2.93. The van der Waals surface area contributed by atoms with E-state index in [1.807, 2.05) is 18.3 Å². The van der Waals surface area contributed by atoms with Crippen molar-refractivity contribution in [2.24, 2.45) is 5.41 Å². The van der Waals surface area contributed by atoms with Crippen LogP contribution in [0.1, 0.15) is 66.3 Å². The molecule has 2 aromatic carbocycles. The van der Waals surface area contributed by atoms with Crippen LogP contribution in [-0.2, 0) is 24.3 Å². The van der Waals surface area contributed by atoms with Gasteiger partial charge in [-0.3, -0.25) is 9.88 Å². The predicted molar refractivity (Wildman–Crippen MR) is 156 cm³/mol. The maximum atomic E-state index is 11.9. The third kappa shape index (κ3) is 5.69. The summed E-state index contributed by atoms with van der Waals surface area (Å²) in [5.41, 5.74) is 8.88. The van der Waals surface area contributed by atoms with Crippen molar-refractivity contribution in [2.75, 3.05) is 24.5 Å².